The molecule has 3 nitrogen and oxygen atoms in total. The quantitative estimate of drug-likeness (QED) is 0.695. The van der Waals surface area contributed by atoms with Crippen molar-refractivity contribution in [3.05, 3.63) is 0 Å². The number of hydrogen-bond donors (Lipinski definition) is 1. The zero-order chi connectivity index (χ0) is 9.42. The minimum Gasteiger partial charge on any atom is -0.481 e. The number of rotatable bonds is 2. The van der Waals surface area contributed by atoms with Gasteiger partial charge in [-0.3, -0.25) is 4.79 Å². The Kier molecular flexibility index (Phi) is 2.28. The third-order valence-electron chi connectivity index (χ3n) is 3.30. The average Bonchev–Trinajstić information content (AvgIpc) is 2.85. The number of aliphatic carboxylic acids is 1. The van der Waals surface area contributed by atoms with Gasteiger partial charge in [0, 0.05) is 13.1 Å². The predicted octanol–water partition coefficient (Wildman–Crippen LogP) is 1.05. The predicted molar refractivity (Wildman–Crippen MR) is 49.5 cm³/mol. The molecule has 0 aromatic rings. The van der Waals surface area contributed by atoms with E-state index in [1.54, 1.807) is 0 Å². The highest BCUT2D eigenvalue weighted by Crippen LogP contribution is 2.41. The van der Waals surface area contributed by atoms with E-state index in [-0.39, 0.29) is 5.92 Å². The third-order valence-corrected chi connectivity index (χ3v) is 3.30. The molecule has 2 rings (SSSR count). The molecule has 1 aliphatic heterocycles. The summed E-state index contributed by atoms with van der Waals surface area (Å²) in [4.78, 5) is 13.0. The van der Waals surface area contributed by atoms with E-state index < -0.39 is 5.97 Å². The van der Waals surface area contributed by atoms with Gasteiger partial charge in [-0.15, -0.1) is 0 Å². The van der Waals surface area contributed by atoms with Gasteiger partial charge in [0.05, 0.1) is 5.92 Å². The average molecular weight is 183 g/mol. The Morgan fingerprint density at radius 3 is 2.54 bits per heavy atom. The number of hydrogen-bond acceptors (Lipinski definition) is 2. The summed E-state index contributed by atoms with van der Waals surface area (Å²) in [5.41, 5.74) is 0. The first-order valence-electron chi connectivity index (χ1n) is 5.08. The highest BCUT2D eigenvalue weighted by atomic mass is 16.4. The number of carbonyl (C=O) groups is 1. The summed E-state index contributed by atoms with van der Waals surface area (Å²) in [6, 6.07) is 0. The van der Waals surface area contributed by atoms with Crippen LogP contribution in [-0.2, 0) is 4.79 Å². The minimum absolute atomic E-state index is 0.121. The first-order chi connectivity index (χ1) is 6.16. The molecule has 1 saturated heterocycles. The van der Waals surface area contributed by atoms with E-state index in [1.165, 1.54) is 12.8 Å². The Morgan fingerprint density at radius 1 is 1.31 bits per heavy atom. The van der Waals surface area contributed by atoms with Gasteiger partial charge >= 0.3 is 5.97 Å². The lowest BCUT2D eigenvalue weighted by Crippen LogP contribution is -2.41. The summed E-state index contributed by atoms with van der Waals surface area (Å²) in [5, 5.41) is 8.95. The molecular weight excluding hydrogens is 166 g/mol. The number of piperidine rings is 1. The molecule has 0 bridgehead atoms. The molecule has 2 unspecified atom stereocenters. The number of nitrogens with zero attached hydrogens (tertiary/aromatic N) is 1. The Bertz CT molecular complexity index is 213. The number of carboxylic acid groups (broad SMARTS) is 1. The van der Waals surface area contributed by atoms with Gasteiger partial charge in [0.25, 0.3) is 0 Å². The number of likely N-dealkylation sites (tertiary alicyclic amines) is 1. The first kappa shape index (κ1) is 9.00. The zero-order valence-electron chi connectivity index (χ0n) is 8.07. The standard InChI is InChI=1S/C10H17NO2/c1-11-5-8(7-2-3-7)4-9(6-11)10(12)13/h7-9H,2-6H2,1H3,(H,12,13). The lowest BCUT2D eigenvalue weighted by atomic mass is 9.86. The summed E-state index contributed by atoms with van der Waals surface area (Å²) < 4.78 is 0. The van der Waals surface area contributed by atoms with Crippen LogP contribution < -0.4 is 0 Å². The van der Waals surface area contributed by atoms with E-state index in [1.807, 2.05) is 7.05 Å². The maximum Gasteiger partial charge on any atom is 0.307 e. The van der Waals surface area contributed by atoms with E-state index in [9.17, 15) is 4.79 Å². The molecular formula is C10H17NO2. The van der Waals surface area contributed by atoms with Crippen LogP contribution in [0, 0.1) is 17.8 Å². The van der Waals surface area contributed by atoms with E-state index in [0.29, 0.717) is 5.92 Å². The van der Waals surface area contributed by atoms with Crippen molar-refractivity contribution in [2.45, 2.75) is 19.3 Å². The van der Waals surface area contributed by atoms with Crippen molar-refractivity contribution in [1.29, 1.82) is 0 Å². The van der Waals surface area contributed by atoms with Crippen LogP contribution in [0.25, 0.3) is 0 Å². The largest absolute Gasteiger partial charge is 0.481 e. The maximum atomic E-state index is 10.9. The molecule has 3 heteroatoms. The molecule has 1 saturated carbocycles. The molecule has 0 amide bonds. The van der Waals surface area contributed by atoms with Gasteiger partial charge in [0.1, 0.15) is 0 Å². The topological polar surface area (TPSA) is 40.5 Å². The van der Waals surface area contributed by atoms with E-state index >= 15 is 0 Å². The van der Waals surface area contributed by atoms with Gasteiger partial charge in [-0.2, -0.15) is 0 Å². The highest BCUT2D eigenvalue weighted by Gasteiger charge is 2.38. The summed E-state index contributed by atoms with van der Waals surface area (Å²) in [6.45, 7) is 1.84. The molecule has 0 aromatic heterocycles. The van der Waals surface area contributed by atoms with Crippen molar-refractivity contribution >= 4 is 5.97 Å². The summed E-state index contributed by atoms with van der Waals surface area (Å²) in [6.07, 6.45) is 3.56. The Balaban J connectivity index is 1.95. The molecule has 1 heterocycles. The molecule has 2 aliphatic rings. The van der Waals surface area contributed by atoms with Gasteiger partial charge in [-0.25, -0.2) is 0 Å². The second-order valence-electron chi connectivity index (χ2n) is 4.59. The molecule has 1 aliphatic carbocycles. The SMILES string of the molecule is CN1CC(C(=O)O)CC(C2CC2)C1. The molecule has 13 heavy (non-hydrogen) atoms. The first-order valence-corrected chi connectivity index (χ1v) is 5.08. The second kappa shape index (κ2) is 3.29. The van der Waals surface area contributed by atoms with Gasteiger partial charge in [-0.05, 0) is 38.1 Å². The van der Waals surface area contributed by atoms with Crippen LogP contribution in [0.4, 0.5) is 0 Å². The lowest BCUT2D eigenvalue weighted by Gasteiger charge is -2.33. The lowest BCUT2D eigenvalue weighted by molar-refractivity contribution is -0.144. The zero-order valence-corrected chi connectivity index (χ0v) is 8.07. The van der Waals surface area contributed by atoms with Crippen molar-refractivity contribution in [2.75, 3.05) is 20.1 Å². The van der Waals surface area contributed by atoms with Gasteiger partial charge in [-0.1, -0.05) is 0 Å². The van der Waals surface area contributed by atoms with Gasteiger partial charge < -0.3 is 10.0 Å². The van der Waals surface area contributed by atoms with Crippen molar-refractivity contribution in [3.63, 3.8) is 0 Å². The molecule has 0 aromatic carbocycles. The molecule has 74 valence electrons. The highest BCUT2D eigenvalue weighted by molar-refractivity contribution is 5.70. The van der Waals surface area contributed by atoms with Crippen LogP contribution in [0.15, 0.2) is 0 Å². The van der Waals surface area contributed by atoms with Crippen LogP contribution in [0.1, 0.15) is 19.3 Å². The Labute approximate surface area is 78.7 Å². The Hall–Kier alpha value is -0.570. The molecule has 0 radical (unpaired) electrons. The fourth-order valence-corrected chi connectivity index (χ4v) is 2.45. The van der Waals surface area contributed by atoms with Crippen LogP contribution in [0.3, 0.4) is 0 Å². The molecule has 1 N–H and O–H groups in total. The fourth-order valence-electron chi connectivity index (χ4n) is 2.45. The van der Waals surface area contributed by atoms with Crippen molar-refractivity contribution in [1.82, 2.24) is 4.90 Å². The van der Waals surface area contributed by atoms with Gasteiger partial charge in [0.15, 0.2) is 0 Å². The molecule has 2 atom stereocenters. The number of carboxylic acids is 1. The van der Waals surface area contributed by atoms with E-state index in [2.05, 4.69) is 4.90 Å². The molecule has 2 fully saturated rings. The minimum atomic E-state index is -0.614. The second-order valence-corrected chi connectivity index (χ2v) is 4.59. The monoisotopic (exact) mass is 183 g/mol. The van der Waals surface area contributed by atoms with Crippen LogP contribution >= 0.6 is 0 Å². The summed E-state index contributed by atoms with van der Waals surface area (Å²) in [5.74, 6) is 0.756. The summed E-state index contributed by atoms with van der Waals surface area (Å²) >= 11 is 0. The van der Waals surface area contributed by atoms with Crippen molar-refractivity contribution in [2.24, 2.45) is 17.8 Å². The van der Waals surface area contributed by atoms with Crippen molar-refractivity contribution < 1.29 is 9.90 Å². The van der Waals surface area contributed by atoms with Crippen LogP contribution in [0.5, 0.6) is 0 Å². The van der Waals surface area contributed by atoms with Crippen LogP contribution in [0.2, 0.25) is 0 Å². The Morgan fingerprint density at radius 2 is 2.00 bits per heavy atom. The fraction of sp³-hybridized carbons (Fsp3) is 0.900. The molecule has 0 spiro atoms. The van der Waals surface area contributed by atoms with E-state index in [0.717, 1.165) is 25.4 Å². The van der Waals surface area contributed by atoms with Crippen LogP contribution in [-0.4, -0.2) is 36.1 Å². The van der Waals surface area contributed by atoms with E-state index in [4.69, 9.17) is 5.11 Å². The normalized spacial score (nSPS) is 36.1. The van der Waals surface area contributed by atoms with Crippen molar-refractivity contribution in [3.8, 4) is 0 Å². The third kappa shape index (κ3) is 2.02. The van der Waals surface area contributed by atoms with Gasteiger partial charge in [0.2, 0.25) is 0 Å². The smallest absolute Gasteiger partial charge is 0.307 e. The maximum absolute atomic E-state index is 10.9. The summed E-state index contributed by atoms with van der Waals surface area (Å²) in [7, 11) is 2.03.